The van der Waals surface area contributed by atoms with Crippen molar-refractivity contribution in [1.29, 1.82) is 0 Å². The molecule has 3 nitrogen and oxygen atoms in total. The number of piperidine rings is 1. The zero-order valence-corrected chi connectivity index (χ0v) is 14.5. The number of fused-ring (bicyclic) bond motifs is 4. The number of benzene rings is 2. The highest BCUT2D eigenvalue weighted by molar-refractivity contribution is 5.98. The lowest BCUT2D eigenvalue weighted by Crippen LogP contribution is -2.46. The first kappa shape index (κ1) is 14.8. The first-order valence-electron chi connectivity index (χ1n) is 9.19. The topological polar surface area (TPSA) is 36.1 Å². The third-order valence-electron chi connectivity index (χ3n) is 5.93. The Labute approximate surface area is 147 Å². The molecule has 126 valence electrons. The normalized spacial score (nSPS) is 22.0. The molecule has 0 unspecified atom stereocenters. The van der Waals surface area contributed by atoms with E-state index in [1.807, 2.05) is 25.1 Å². The molecule has 25 heavy (non-hydrogen) atoms. The average molecular weight is 330 g/mol. The number of H-pyrrole nitrogens is 1. The van der Waals surface area contributed by atoms with Crippen molar-refractivity contribution in [2.75, 3.05) is 6.54 Å². The Hall–Kier alpha value is -2.55. The van der Waals surface area contributed by atoms with Gasteiger partial charge in [-0.15, -0.1) is 0 Å². The highest BCUT2D eigenvalue weighted by atomic mass is 16.2. The molecule has 3 aromatic rings. The maximum Gasteiger partial charge on any atom is 0.254 e. The minimum Gasteiger partial charge on any atom is -0.359 e. The summed E-state index contributed by atoms with van der Waals surface area (Å²) in [6.07, 6.45) is 3.28. The first-order chi connectivity index (χ1) is 12.2. The van der Waals surface area contributed by atoms with Crippen molar-refractivity contribution >= 4 is 16.8 Å². The number of amides is 1. The van der Waals surface area contributed by atoms with Crippen molar-refractivity contribution in [2.45, 2.75) is 38.1 Å². The van der Waals surface area contributed by atoms with Crippen molar-refractivity contribution in [3.8, 4) is 0 Å². The van der Waals surface area contributed by atoms with Crippen LogP contribution in [-0.2, 0) is 6.42 Å². The van der Waals surface area contributed by atoms with Gasteiger partial charge in [0.05, 0.1) is 0 Å². The number of likely N-dealkylation sites (tertiary alicyclic amines) is 1. The van der Waals surface area contributed by atoms with Crippen LogP contribution < -0.4 is 0 Å². The zero-order chi connectivity index (χ0) is 17.0. The molecule has 0 bridgehead atoms. The molecule has 1 aliphatic heterocycles. The van der Waals surface area contributed by atoms with Crippen LogP contribution in [0, 0.1) is 6.92 Å². The highest BCUT2D eigenvalue weighted by Crippen LogP contribution is 2.42. The maximum absolute atomic E-state index is 13.3. The van der Waals surface area contributed by atoms with Crippen molar-refractivity contribution in [1.82, 2.24) is 9.88 Å². The van der Waals surface area contributed by atoms with Gasteiger partial charge >= 0.3 is 0 Å². The van der Waals surface area contributed by atoms with E-state index in [-0.39, 0.29) is 5.91 Å². The second-order valence-electron chi connectivity index (χ2n) is 7.47. The summed E-state index contributed by atoms with van der Waals surface area (Å²) >= 11 is 0. The minimum atomic E-state index is 0.184. The van der Waals surface area contributed by atoms with E-state index in [2.05, 4.69) is 40.2 Å². The molecule has 0 spiro atoms. The number of aromatic amines is 1. The van der Waals surface area contributed by atoms with Crippen LogP contribution in [0.25, 0.3) is 10.9 Å². The predicted octanol–water partition coefficient (Wildman–Crippen LogP) is 4.42. The standard InChI is InChI=1S/C22H22N2O/c1-14-11-17-12-16(8-9-20(17)23-14)22(25)24-10-4-7-19-18-6-3-2-5-15(18)13-21(19)24/h2-3,5-6,8-9,11-12,19,21,23H,4,7,10,13H2,1H3/t19-,21+/m0/s1. The molecule has 1 aliphatic carbocycles. The fourth-order valence-corrected chi connectivity index (χ4v) is 4.81. The Morgan fingerprint density at radius 1 is 1.16 bits per heavy atom. The van der Waals surface area contributed by atoms with Gasteiger partial charge in [0, 0.05) is 40.7 Å². The Morgan fingerprint density at radius 3 is 2.96 bits per heavy atom. The van der Waals surface area contributed by atoms with E-state index >= 15 is 0 Å². The van der Waals surface area contributed by atoms with Gasteiger partial charge in [-0.1, -0.05) is 24.3 Å². The van der Waals surface area contributed by atoms with Gasteiger partial charge in [0.2, 0.25) is 0 Å². The molecule has 2 aromatic carbocycles. The van der Waals surface area contributed by atoms with Crippen LogP contribution in [0.3, 0.4) is 0 Å². The lowest BCUT2D eigenvalue weighted by atomic mass is 9.88. The number of nitrogens with zero attached hydrogens (tertiary/aromatic N) is 1. The highest BCUT2D eigenvalue weighted by Gasteiger charge is 2.40. The quantitative estimate of drug-likeness (QED) is 0.704. The number of aromatic nitrogens is 1. The van der Waals surface area contributed by atoms with Crippen LogP contribution in [0.2, 0.25) is 0 Å². The van der Waals surface area contributed by atoms with E-state index in [9.17, 15) is 4.79 Å². The van der Waals surface area contributed by atoms with Gasteiger partial charge in [0.25, 0.3) is 5.91 Å². The first-order valence-corrected chi connectivity index (χ1v) is 9.19. The van der Waals surface area contributed by atoms with Gasteiger partial charge in [-0.3, -0.25) is 4.79 Å². The molecule has 5 rings (SSSR count). The van der Waals surface area contributed by atoms with E-state index < -0.39 is 0 Å². The smallest absolute Gasteiger partial charge is 0.254 e. The number of carbonyl (C=O) groups excluding carboxylic acids is 1. The van der Waals surface area contributed by atoms with Gasteiger partial charge in [-0.2, -0.15) is 0 Å². The van der Waals surface area contributed by atoms with Crippen LogP contribution >= 0.6 is 0 Å². The molecular formula is C22H22N2O. The van der Waals surface area contributed by atoms with E-state index in [0.29, 0.717) is 12.0 Å². The van der Waals surface area contributed by atoms with E-state index in [1.54, 1.807) is 0 Å². The molecular weight excluding hydrogens is 308 g/mol. The van der Waals surface area contributed by atoms with Crippen LogP contribution in [0.15, 0.2) is 48.5 Å². The summed E-state index contributed by atoms with van der Waals surface area (Å²) in [5.41, 5.74) is 5.92. The number of rotatable bonds is 1. The summed E-state index contributed by atoms with van der Waals surface area (Å²) in [6.45, 7) is 2.92. The van der Waals surface area contributed by atoms with Crippen molar-refractivity contribution in [2.24, 2.45) is 0 Å². The Bertz CT molecular complexity index is 971. The van der Waals surface area contributed by atoms with Crippen LogP contribution in [0.1, 0.15) is 45.9 Å². The van der Waals surface area contributed by atoms with E-state index in [1.165, 1.54) is 17.5 Å². The van der Waals surface area contributed by atoms with Crippen molar-refractivity contribution in [3.63, 3.8) is 0 Å². The van der Waals surface area contributed by atoms with Crippen LogP contribution in [-0.4, -0.2) is 28.4 Å². The maximum atomic E-state index is 13.3. The third kappa shape index (κ3) is 2.30. The summed E-state index contributed by atoms with van der Waals surface area (Å²) in [5.74, 6) is 0.690. The number of carbonyl (C=O) groups is 1. The Balaban J connectivity index is 1.48. The fraction of sp³-hybridized carbons (Fsp3) is 0.318. The van der Waals surface area contributed by atoms with Gasteiger partial charge in [0.15, 0.2) is 0 Å². The van der Waals surface area contributed by atoms with Gasteiger partial charge in [-0.25, -0.2) is 0 Å². The number of nitrogens with one attached hydrogen (secondary N) is 1. The number of hydrogen-bond donors (Lipinski definition) is 1. The molecule has 0 radical (unpaired) electrons. The van der Waals surface area contributed by atoms with E-state index in [4.69, 9.17) is 0 Å². The third-order valence-corrected chi connectivity index (χ3v) is 5.93. The molecule has 1 aromatic heterocycles. The zero-order valence-electron chi connectivity index (χ0n) is 14.5. The molecule has 2 aliphatic rings. The largest absolute Gasteiger partial charge is 0.359 e. The van der Waals surface area contributed by atoms with Gasteiger partial charge in [0.1, 0.15) is 0 Å². The van der Waals surface area contributed by atoms with E-state index in [0.717, 1.165) is 41.5 Å². The summed E-state index contributed by atoms with van der Waals surface area (Å²) in [6, 6.07) is 17.2. The predicted molar refractivity (Wildman–Crippen MR) is 100.0 cm³/mol. The minimum absolute atomic E-state index is 0.184. The lowest BCUT2D eigenvalue weighted by Gasteiger charge is -2.38. The van der Waals surface area contributed by atoms with Crippen molar-refractivity contribution < 1.29 is 4.79 Å². The molecule has 0 saturated carbocycles. The second kappa shape index (κ2) is 5.48. The number of hydrogen-bond acceptors (Lipinski definition) is 1. The Kier molecular flexibility index (Phi) is 3.24. The summed E-state index contributed by atoms with van der Waals surface area (Å²) in [4.78, 5) is 18.7. The molecule has 1 amide bonds. The molecule has 1 saturated heterocycles. The average Bonchev–Trinajstić information content (AvgIpc) is 3.19. The van der Waals surface area contributed by atoms with Gasteiger partial charge in [-0.05, 0) is 61.6 Å². The molecule has 3 heteroatoms. The lowest BCUT2D eigenvalue weighted by molar-refractivity contribution is 0.0595. The molecule has 2 heterocycles. The molecule has 2 atom stereocenters. The molecule has 1 N–H and O–H groups in total. The summed E-state index contributed by atoms with van der Waals surface area (Å²) in [5, 5.41) is 1.12. The van der Waals surface area contributed by atoms with Crippen molar-refractivity contribution in [3.05, 3.63) is 70.9 Å². The Morgan fingerprint density at radius 2 is 2.04 bits per heavy atom. The number of aryl methyl sites for hydroxylation is 1. The summed E-state index contributed by atoms with van der Waals surface area (Å²) < 4.78 is 0. The second-order valence-corrected chi connectivity index (χ2v) is 7.47. The monoisotopic (exact) mass is 330 g/mol. The summed E-state index contributed by atoms with van der Waals surface area (Å²) in [7, 11) is 0. The van der Waals surface area contributed by atoms with Crippen LogP contribution in [0.5, 0.6) is 0 Å². The molecule has 1 fully saturated rings. The van der Waals surface area contributed by atoms with Gasteiger partial charge < -0.3 is 9.88 Å². The SMILES string of the molecule is Cc1cc2cc(C(=O)N3CCC[C@H]4c5ccccc5C[C@H]43)ccc2[nH]1. The fourth-order valence-electron chi connectivity index (χ4n) is 4.81. The van der Waals surface area contributed by atoms with Crippen LogP contribution in [0.4, 0.5) is 0 Å².